The van der Waals surface area contributed by atoms with Crippen LogP contribution in [-0.2, 0) is 9.53 Å². The summed E-state index contributed by atoms with van der Waals surface area (Å²) in [6.07, 6.45) is -0.340. The topological polar surface area (TPSA) is 46.6 Å². The van der Waals surface area contributed by atoms with Crippen LogP contribution in [0.5, 0.6) is 0 Å². The summed E-state index contributed by atoms with van der Waals surface area (Å²) in [6, 6.07) is 0. The molecule has 0 radical (unpaired) electrons. The first-order chi connectivity index (χ1) is 6.06. The largest absolute Gasteiger partial charge is 0.453 e. The van der Waals surface area contributed by atoms with Crippen molar-refractivity contribution in [2.45, 2.75) is 13.8 Å². The van der Waals surface area contributed by atoms with Gasteiger partial charge in [-0.2, -0.15) is 0 Å². The second-order valence-electron chi connectivity index (χ2n) is 3.63. The number of hydrogen-bond donors (Lipinski definition) is 0. The summed E-state index contributed by atoms with van der Waals surface area (Å²) in [5.74, 6) is 0.323. The van der Waals surface area contributed by atoms with Gasteiger partial charge in [-0.05, 0) is 0 Å². The number of ketones is 1. The molecule has 4 heteroatoms. The zero-order valence-electron chi connectivity index (χ0n) is 8.24. The van der Waals surface area contributed by atoms with Gasteiger partial charge in [-0.15, -0.1) is 0 Å². The van der Waals surface area contributed by atoms with Crippen LogP contribution < -0.4 is 0 Å². The van der Waals surface area contributed by atoms with Gasteiger partial charge in [0.1, 0.15) is 5.78 Å². The van der Waals surface area contributed by atoms with Crippen molar-refractivity contribution in [3.05, 3.63) is 0 Å². The summed E-state index contributed by atoms with van der Waals surface area (Å²) in [7, 11) is 1.35. The third-order valence-electron chi connectivity index (χ3n) is 2.29. The van der Waals surface area contributed by atoms with Crippen molar-refractivity contribution in [3.8, 4) is 0 Å². The highest BCUT2D eigenvalue weighted by atomic mass is 16.5. The standard InChI is InChI=1S/C9H15NO3/c1-6(2)8(11)7-4-10(5-7)9(12)13-3/h6-7H,4-5H2,1-3H3. The Kier molecular flexibility index (Phi) is 2.90. The summed E-state index contributed by atoms with van der Waals surface area (Å²) < 4.78 is 4.52. The number of methoxy groups -OCH3 is 1. The Morgan fingerprint density at radius 2 is 1.92 bits per heavy atom. The lowest BCUT2D eigenvalue weighted by Crippen LogP contribution is -2.53. The van der Waals surface area contributed by atoms with Crippen molar-refractivity contribution in [1.82, 2.24) is 4.90 Å². The van der Waals surface area contributed by atoms with Crippen LogP contribution in [0.25, 0.3) is 0 Å². The number of nitrogens with zero attached hydrogens (tertiary/aromatic N) is 1. The van der Waals surface area contributed by atoms with Crippen LogP contribution >= 0.6 is 0 Å². The van der Waals surface area contributed by atoms with Crippen LogP contribution in [0.15, 0.2) is 0 Å². The van der Waals surface area contributed by atoms with Gasteiger partial charge in [0, 0.05) is 19.0 Å². The summed E-state index contributed by atoms with van der Waals surface area (Å²) in [4.78, 5) is 23.9. The van der Waals surface area contributed by atoms with Crippen molar-refractivity contribution in [2.75, 3.05) is 20.2 Å². The van der Waals surface area contributed by atoms with Crippen molar-refractivity contribution >= 4 is 11.9 Å². The lowest BCUT2D eigenvalue weighted by Gasteiger charge is -2.37. The highest BCUT2D eigenvalue weighted by Crippen LogP contribution is 2.20. The van der Waals surface area contributed by atoms with Gasteiger partial charge >= 0.3 is 6.09 Å². The SMILES string of the molecule is COC(=O)N1CC(C(=O)C(C)C)C1. The van der Waals surface area contributed by atoms with Crippen molar-refractivity contribution in [2.24, 2.45) is 11.8 Å². The monoisotopic (exact) mass is 185 g/mol. The molecule has 0 aromatic carbocycles. The maximum absolute atomic E-state index is 11.4. The number of amides is 1. The van der Waals surface area contributed by atoms with E-state index in [0.717, 1.165) is 0 Å². The Hall–Kier alpha value is -1.06. The number of likely N-dealkylation sites (tertiary alicyclic amines) is 1. The highest BCUT2D eigenvalue weighted by Gasteiger charge is 2.36. The molecule has 1 saturated heterocycles. The van der Waals surface area contributed by atoms with E-state index >= 15 is 0 Å². The molecular weight excluding hydrogens is 170 g/mol. The molecule has 0 aromatic heterocycles. The van der Waals surface area contributed by atoms with Crippen LogP contribution in [0.3, 0.4) is 0 Å². The van der Waals surface area contributed by atoms with Gasteiger partial charge in [-0.3, -0.25) is 4.79 Å². The molecule has 0 aromatic rings. The van der Waals surface area contributed by atoms with Gasteiger partial charge in [0.05, 0.1) is 13.0 Å². The number of hydrogen-bond acceptors (Lipinski definition) is 3. The minimum Gasteiger partial charge on any atom is -0.453 e. The average molecular weight is 185 g/mol. The van der Waals surface area contributed by atoms with Gasteiger partial charge in [-0.1, -0.05) is 13.8 Å². The molecular formula is C9H15NO3. The van der Waals surface area contributed by atoms with Gasteiger partial charge in [0.25, 0.3) is 0 Å². The van der Waals surface area contributed by atoms with Gasteiger partial charge in [0.15, 0.2) is 0 Å². The third kappa shape index (κ3) is 1.99. The zero-order valence-corrected chi connectivity index (χ0v) is 8.24. The van der Waals surface area contributed by atoms with E-state index in [1.165, 1.54) is 12.0 Å². The fourth-order valence-corrected chi connectivity index (χ4v) is 1.41. The van der Waals surface area contributed by atoms with E-state index in [9.17, 15) is 9.59 Å². The quantitative estimate of drug-likeness (QED) is 0.642. The molecule has 1 amide bonds. The maximum Gasteiger partial charge on any atom is 0.409 e. The lowest BCUT2D eigenvalue weighted by molar-refractivity contribution is -0.130. The molecule has 1 aliphatic heterocycles. The predicted octanol–water partition coefficient (Wildman–Crippen LogP) is 0.910. The number of ether oxygens (including phenoxy) is 1. The van der Waals surface area contributed by atoms with Crippen molar-refractivity contribution < 1.29 is 14.3 Å². The molecule has 0 N–H and O–H groups in total. The molecule has 4 nitrogen and oxygen atoms in total. The minimum absolute atomic E-state index is 0.0269. The van der Waals surface area contributed by atoms with Crippen LogP contribution in [0, 0.1) is 11.8 Å². The molecule has 1 rings (SSSR count). The average Bonchev–Trinajstić information content (AvgIpc) is 2.00. The maximum atomic E-state index is 11.4. The van der Waals surface area contributed by atoms with E-state index in [-0.39, 0.29) is 23.7 Å². The molecule has 0 unspecified atom stereocenters. The number of rotatable bonds is 2. The van der Waals surface area contributed by atoms with Crippen molar-refractivity contribution in [1.29, 1.82) is 0 Å². The van der Waals surface area contributed by atoms with E-state index in [1.807, 2.05) is 13.8 Å². The predicted molar refractivity (Wildman–Crippen MR) is 47.3 cm³/mol. The van der Waals surface area contributed by atoms with Crippen LogP contribution in [0.4, 0.5) is 4.79 Å². The lowest BCUT2D eigenvalue weighted by atomic mass is 9.89. The second-order valence-corrected chi connectivity index (χ2v) is 3.63. The fraction of sp³-hybridized carbons (Fsp3) is 0.778. The molecule has 0 atom stereocenters. The Morgan fingerprint density at radius 1 is 1.38 bits per heavy atom. The highest BCUT2D eigenvalue weighted by molar-refractivity contribution is 5.85. The molecule has 1 heterocycles. The van der Waals surface area contributed by atoms with Gasteiger partial charge < -0.3 is 9.64 Å². The Bertz CT molecular complexity index is 219. The summed E-state index contributed by atoms with van der Waals surface area (Å²) >= 11 is 0. The first-order valence-corrected chi connectivity index (χ1v) is 4.43. The molecule has 13 heavy (non-hydrogen) atoms. The summed E-state index contributed by atoms with van der Waals surface area (Å²) in [6.45, 7) is 4.79. The van der Waals surface area contributed by atoms with Crippen LogP contribution in [0.1, 0.15) is 13.8 Å². The van der Waals surface area contributed by atoms with Gasteiger partial charge in [0.2, 0.25) is 0 Å². The normalized spacial score (nSPS) is 17.1. The molecule has 0 spiro atoms. The van der Waals surface area contributed by atoms with Crippen LogP contribution in [0.2, 0.25) is 0 Å². The number of carbonyl (C=O) groups is 2. The number of carbonyl (C=O) groups excluding carboxylic acids is 2. The third-order valence-corrected chi connectivity index (χ3v) is 2.29. The smallest absolute Gasteiger partial charge is 0.409 e. The number of Topliss-reactive ketones (excluding diaryl/α,β-unsaturated/α-hetero) is 1. The molecule has 74 valence electrons. The van der Waals surface area contributed by atoms with Crippen LogP contribution in [-0.4, -0.2) is 37.0 Å². The van der Waals surface area contributed by atoms with E-state index in [0.29, 0.717) is 13.1 Å². The molecule has 1 aliphatic rings. The Balaban J connectivity index is 2.33. The summed E-state index contributed by atoms with van der Waals surface area (Å²) in [5, 5.41) is 0. The molecule has 0 aliphatic carbocycles. The Labute approximate surface area is 77.8 Å². The van der Waals surface area contributed by atoms with E-state index in [4.69, 9.17) is 0 Å². The first kappa shape index (κ1) is 10.0. The fourth-order valence-electron chi connectivity index (χ4n) is 1.41. The summed E-state index contributed by atoms with van der Waals surface area (Å²) in [5.41, 5.74) is 0. The molecule has 0 saturated carbocycles. The molecule has 1 fully saturated rings. The minimum atomic E-state index is -0.340. The Morgan fingerprint density at radius 3 is 2.31 bits per heavy atom. The van der Waals surface area contributed by atoms with E-state index in [2.05, 4.69) is 4.74 Å². The zero-order chi connectivity index (χ0) is 10.0. The van der Waals surface area contributed by atoms with Crippen molar-refractivity contribution in [3.63, 3.8) is 0 Å². The van der Waals surface area contributed by atoms with E-state index in [1.54, 1.807) is 0 Å². The second kappa shape index (κ2) is 3.77. The first-order valence-electron chi connectivity index (χ1n) is 4.43. The molecule has 0 bridgehead atoms. The van der Waals surface area contributed by atoms with E-state index < -0.39 is 0 Å². The van der Waals surface area contributed by atoms with Gasteiger partial charge in [-0.25, -0.2) is 4.79 Å².